The van der Waals surface area contributed by atoms with Crippen molar-refractivity contribution in [3.8, 4) is 0 Å². The standard InChI is InChI=1S/C7H12N2O3/c8-7(10)9-5-1-11-3-6(9)4-12-2-5/h5-6H,1-4H2,(H2,8,10). The van der Waals surface area contributed by atoms with Crippen LogP contribution in [0.2, 0.25) is 0 Å². The first-order chi connectivity index (χ1) is 5.79. The van der Waals surface area contributed by atoms with Crippen LogP contribution in [0.5, 0.6) is 0 Å². The van der Waals surface area contributed by atoms with Gasteiger partial charge in [-0.25, -0.2) is 4.79 Å². The molecule has 0 unspecified atom stereocenters. The average molecular weight is 172 g/mol. The van der Waals surface area contributed by atoms with E-state index in [1.165, 1.54) is 0 Å². The number of primary amides is 1. The normalized spacial score (nSPS) is 34.8. The summed E-state index contributed by atoms with van der Waals surface area (Å²) < 4.78 is 10.6. The van der Waals surface area contributed by atoms with E-state index in [-0.39, 0.29) is 18.1 Å². The van der Waals surface area contributed by atoms with E-state index in [0.717, 1.165) is 0 Å². The lowest BCUT2D eigenvalue weighted by Crippen LogP contribution is -2.62. The second-order valence-corrected chi connectivity index (χ2v) is 3.13. The van der Waals surface area contributed by atoms with Crippen molar-refractivity contribution >= 4 is 6.03 Å². The first-order valence-corrected chi connectivity index (χ1v) is 4.02. The van der Waals surface area contributed by atoms with Crippen LogP contribution in [0, 0.1) is 0 Å². The van der Waals surface area contributed by atoms with Gasteiger partial charge in [-0.3, -0.25) is 0 Å². The summed E-state index contributed by atoms with van der Waals surface area (Å²) in [5, 5.41) is 0. The van der Waals surface area contributed by atoms with E-state index in [1.54, 1.807) is 4.90 Å². The van der Waals surface area contributed by atoms with Gasteiger partial charge in [0, 0.05) is 0 Å². The van der Waals surface area contributed by atoms with Crippen molar-refractivity contribution in [3.05, 3.63) is 0 Å². The third kappa shape index (κ3) is 1.15. The second kappa shape index (κ2) is 2.91. The molecule has 0 atom stereocenters. The summed E-state index contributed by atoms with van der Waals surface area (Å²) in [5.74, 6) is 0. The molecular weight excluding hydrogens is 160 g/mol. The minimum absolute atomic E-state index is 0.0231. The largest absolute Gasteiger partial charge is 0.377 e. The number of carbonyl (C=O) groups excluding carboxylic acids is 1. The van der Waals surface area contributed by atoms with Crippen molar-refractivity contribution < 1.29 is 14.3 Å². The van der Waals surface area contributed by atoms with Crippen LogP contribution in [0.3, 0.4) is 0 Å². The molecule has 2 rings (SSSR count). The molecule has 2 aliphatic heterocycles. The lowest BCUT2D eigenvalue weighted by Gasteiger charge is -2.44. The van der Waals surface area contributed by atoms with Crippen LogP contribution in [0.15, 0.2) is 0 Å². The number of rotatable bonds is 0. The molecule has 2 saturated heterocycles. The predicted molar refractivity (Wildman–Crippen MR) is 40.6 cm³/mol. The van der Waals surface area contributed by atoms with Gasteiger partial charge >= 0.3 is 6.03 Å². The molecule has 2 bridgehead atoms. The molecule has 0 saturated carbocycles. The van der Waals surface area contributed by atoms with Gasteiger partial charge in [0.1, 0.15) is 0 Å². The maximum absolute atomic E-state index is 11.0. The van der Waals surface area contributed by atoms with E-state index >= 15 is 0 Å². The zero-order valence-electron chi connectivity index (χ0n) is 6.73. The molecule has 2 N–H and O–H groups in total. The zero-order chi connectivity index (χ0) is 8.55. The highest BCUT2D eigenvalue weighted by Gasteiger charge is 2.37. The number of urea groups is 1. The van der Waals surface area contributed by atoms with E-state index in [4.69, 9.17) is 15.2 Å². The van der Waals surface area contributed by atoms with Crippen LogP contribution in [0.25, 0.3) is 0 Å². The molecule has 2 fully saturated rings. The summed E-state index contributed by atoms with van der Waals surface area (Å²) in [7, 11) is 0. The monoisotopic (exact) mass is 172 g/mol. The Morgan fingerprint density at radius 3 is 1.83 bits per heavy atom. The summed E-state index contributed by atoms with van der Waals surface area (Å²) in [5.41, 5.74) is 5.23. The molecule has 12 heavy (non-hydrogen) atoms. The second-order valence-electron chi connectivity index (χ2n) is 3.13. The Kier molecular flexibility index (Phi) is 1.90. The summed E-state index contributed by atoms with van der Waals surface area (Å²) in [6.45, 7) is 2.16. The van der Waals surface area contributed by atoms with E-state index in [2.05, 4.69) is 0 Å². The molecule has 0 radical (unpaired) electrons. The first kappa shape index (κ1) is 7.82. The minimum Gasteiger partial charge on any atom is -0.377 e. The molecule has 0 aliphatic carbocycles. The molecular formula is C7H12N2O3. The van der Waals surface area contributed by atoms with Gasteiger partial charge in [0.15, 0.2) is 0 Å². The Morgan fingerprint density at radius 1 is 1.17 bits per heavy atom. The molecule has 5 nitrogen and oxygen atoms in total. The molecule has 0 aromatic rings. The molecule has 2 amide bonds. The number of hydrogen-bond acceptors (Lipinski definition) is 3. The summed E-state index contributed by atoms with van der Waals surface area (Å²) in [4.78, 5) is 12.7. The molecule has 2 heterocycles. The fraction of sp³-hybridized carbons (Fsp3) is 0.857. The van der Waals surface area contributed by atoms with Crippen molar-refractivity contribution in [2.45, 2.75) is 12.1 Å². The predicted octanol–water partition coefficient (Wildman–Crippen LogP) is -0.835. The fourth-order valence-electron chi connectivity index (χ4n) is 1.76. The lowest BCUT2D eigenvalue weighted by molar-refractivity contribution is -0.115. The highest BCUT2D eigenvalue weighted by molar-refractivity contribution is 5.73. The third-order valence-electron chi connectivity index (χ3n) is 2.28. The van der Waals surface area contributed by atoms with E-state index in [1.807, 2.05) is 0 Å². The van der Waals surface area contributed by atoms with Crippen molar-refractivity contribution in [2.24, 2.45) is 5.73 Å². The van der Waals surface area contributed by atoms with Crippen LogP contribution < -0.4 is 5.73 Å². The van der Waals surface area contributed by atoms with Crippen LogP contribution in [0.1, 0.15) is 0 Å². The van der Waals surface area contributed by atoms with Gasteiger partial charge in [-0.1, -0.05) is 0 Å². The van der Waals surface area contributed by atoms with Gasteiger partial charge in [-0.05, 0) is 0 Å². The topological polar surface area (TPSA) is 64.8 Å². The number of morpholine rings is 2. The molecule has 0 aromatic heterocycles. The Bertz CT molecular complexity index is 175. The third-order valence-corrected chi connectivity index (χ3v) is 2.28. The highest BCUT2D eigenvalue weighted by atomic mass is 16.5. The zero-order valence-corrected chi connectivity index (χ0v) is 6.73. The Balaban J connectivity index is 2.13. The quantitative estimate of drug-likeness (QED) is 0.518. The number of nitrogens with zero attached hydrogens (tertiary/aromatic N) is 1. The highest BCUT2D eigenvalue weighted by Crippen LogP contribution is 2.18. The smallest absolute Gasteiger partial charge is 0.315 e. The van der Waals surface area contributed by atoms with Gasteiger partial charge in [-0.2, -0.15) is 0 Å². The lowest BCUT2D eigenvalue weighted by atomic mass is 10.1. The van der Waals surface area contributed by atoms with Crippen molar-refractivity contribution in [3.63, 3.8) is 0 Å². The van der Waals surface area contributed by atoms with E-state index < -0.39 is 0 Å². The van der Waals surface area contributed by atoms with Gasteiger partial charge in [0.05, 0.1) is 38.5 Å². The van der Waals surface area contributed by atoms with Gasteiger partial charge in [-0.15, -0.1) is 0 Å². The SMILES string of the molecule is NC(=O)N1C2COCC1COC2. The molecule has 0 aromatic carbocycles. The fourth-order valence-corrected chi connectivity index (χ4v) is 1.76. The average Bonchev–Trinajstić information content (AvgIpc) is 2.02. The van der Waals surface area contributed by atoms with Crippen molar-refractivity contribution in [2.75, 3.05) is 26.4 Å². The van der Waals surface area contributed by atoms with Crippen LogP contribution in [0.4, 0.5) is 4.79 Å². The molecule has 2 aliphatic rings. The minimum atomic E-state index is -0.364. The number of carbonyl (C=O) groups is 1. The maximum Gasteiger partial charge on any atom is 0.315 e. The van der Waals surface area contributed by atoms with Crippen LogP contribution in [-0.2, 0) is 9.47 Å². The summed E-state index contributed by atoms with van der Waals surface area (Å²) in [6, 6.07) is -0.318. The van der Waals surface area contributed by atoms with E-state index in [0.29, 0.717) is 26.4 Å². The van der Waals surface area contributed by atoms with Crippen molar-refractivity contribution in [1.29, 1.82) is 0 Å². The van der Waals surface area contributed by atoms with Gasteiger partial charge in [0.25, 0.3) is 0 Å². The number of hydrogen-bond donors (Lipinski definition) is 1. The molecule has 5 heteroatoms. The number of ether oxygens (including phenoxy) is 2. The van der Waals surface area contributed by atoms with E-state index in [9.17, 15) is 4.79 Å². The first-order valence-electron chi connectivity index (χ1n) is 4.02. The number of nitrogens with two attached hydrogens (primary N) is 1. The number of fused-ring (bicyclic) bond motifs is 2. The van der Waals surface area contributed by atoms with Gasteiger partial charge < -0.3 is 20.1 Å². The molecule has 0 spiro atoms. The van der Waals surface area contributed by atoms with Gasteiger partial charge in [0.2, 0.25) is 0 Å². The Hall–Kier alpha value is -0.810. The van der Waals surface area contributed by atoms with Crippen LogP contribution >= 0.6 is 0 Å². The van der Waals surface area contributed by atoms with Crippen molar-refractivity contribution in [1.82, 2.24) is 4.90 Å². The molecule has 68 valence electrons. The number of amides is 2. The van der Waals surface area contributed by atoms with Crippen LogP contribution in [-0.4, -0.2) is 49.4 Å². The Morgan fingerprint density at radius 2 is 1.58 bits per heavy atom. The Labute approximate surface area is 70.4 Å². The summed E-state index contributed by atoms with van der Waals surface area (Å²) >= 11 is 0. The summed E-state index contributed by atoms with van der Waals surface area (Å²) in [6.07, 6.45) is 0. The maximum atomic E-state index is 11.0.